The average molecular weight is 414 g/mol. The molecular weight excluding hydrogens is 390 g/mol. The topological polar surface area (TPSA) is 45.2 Å². The molecule has 3 aromatic rings. The number of piperidine rings is 1. The van der Waals surface area contributed by atoms with Gasteiger partial charge in [-0.1, -0.05) is 29.8 Å². The molecule has 1 aliphatic heterocycles. The summed E-state index contributed by atoms with van der Waals surface area (Å²) in [6, 6.07) is 13.7. The first-order valence-corrected chi connectivity index (χ1v) is 10.9. The second-order valence-electron chi connectivity index (χ2n) is 7.45. The van der Waals surface area contributed by atoms with Gasteiger partial charge in [-0.05, 0) is 69.6 Å². The Balaban J connectivity index is 1.37. The van der Waals surface area contributed by atoms with Crippen LogP contribution in [0.4, 0.5) is 5.69 Å². The molecule has 0 spiro atoms. The van der Waals surface area contributed by atoms with Crippen molar-refractivity contribution in [3.8, 4) is 0 Å². The van der Waals surface area contributed by atoms with Crippen LogP contribution in [0.5, 0.6) is 0 Å². The van der Waals surface area contributed by atoms with E-state index in [1.165, 1.54) is 9.71 Å². The molecule has 1 unspecified atom stereocenters. The number of hydrogen-bond donors (Lipinski definition) is 1. The molecule has 146 valence electrons. The van der Waals surface area contributed by atoms with E-state index in [1.54, 1.807) is 17.4 Å². The van der Waals surface area contributed by atoms with Gasteiger partial charge in [0, 0.05) is 16.6 Å². The van der Waals surface area contributed by atoms with Crippen LogP contribution in [-0.2, 0) is 4.79 Å². The van der Waals surface area contributed by atoms with Crippen molar-refractivity contribution in [1.29, 1.82) is 0 Å². The lowest BCUT2D eigenvalue weighted by Crippen LogP contribution is -2.45. The number of para-hydroxylation sites is 1. The van der Waals surface area contributed by atoms with E-state index in [2.05, 4.69) is 28.4 Å². The van der Waals surface area contributed by atoms with Crippen LogP contribution in [0.15, 0.2) is 42.5 Å². The molecule has 0 bridgehead atoms. The lowest BCUT2D eigenvalue weighted by molar-refractivity contribution is -0.121. The van der Waals surface area contributed by atoms with Crippen molar-refractivity contribution in [2.45, 2.75) is 38.6 Å². The van der Waals surface area contributed by atoms with Gasteiger partial charge in [-0.25, -0.2) is 4.98 Å². The quantitative estimate of drug-likeness (QED) is 0.617. The Kier molecular flexibility index (Phi) is 5.67. The summed E-state index contributed by atoms with van der Waals surface area (Å²) in [7, 11) is 0. The molecule has 4 nitrogen and oxygen atoms in total. The molecule has 1 atom stereocenters. The number of likely N-dealkylation sites (tertiary alicyclic amines) is 1. The molecule has 1 aromatic heterocycles. The van der Waals surface area contributed by atoms with Gasteiger partial charge in [0.05, 0.1) is 21.3 Å². The largest absolute Gasteiger partial charge is 0.324 e. The number of anilines is 1. The number of amides is 1. The fourth-order valence-electron chi connectivity index (χ4n) is 3.73. The standard InChI is InChI=1S/C22H24ClN3OS/c1-14-7-8-17(23)13-19(14)24-21(27)15(2)26-11-9-16(10-12-26)22-25-18-5-3-4-6-20(18)28-22/h3-8,13,15-16H,9-12H2,1-2H3,(H,24,27). The number of hydrogen-bond acceptors (Lipinski definition) is 4. The van der Waals surface area contributed by atoms with Crippen molar-refractivity contribution in [3.63, 3.8) is 0 Å². The molecule has 0 saturated carbocycles. The number of aryl methyl sites for hydroxylation is 1. The highest BCUT2D eigenvalue weighted by Gasteiger charge is 2.28. The molecule has 1 amide bonds. The molecule has 1 fully saturated rings. The molecule has 0 radical (unpaired) electrons. The summed E-state index contributed by atoms with van der Waals surface area (Å²) in [5.74, 6) is 0.503. The second kappa shape index (κ2) is 8.19. The third-order valence-corrected chi connectivity index (χ3v) is 7.01. The predicted molar refractivity (Wildman–Crippen MR) is 117 cm³/mol. The number of nitrogens with zero attached hydrogens (tertiary/aromatic N) is 2. The molecule has 28 heavy (non-hydrogen) atoms. The maximum absolute atomic E-state index is 12.7. The highest BCUT2D eigenvalue weighted by Crippen LogP contribution is 2.34. The van der Waals surface area contributed by atoms with E-state index in [-0.39, 0.29) is 11.9 Å². The Labute approximate surface area is 174 Å². The lowest BCUT2D eigenvalue weighted by Gasteiger charge is -2.34. The zero-order valence-electron chi connectivity index (χ0n) is 16.1. The first-order valence-electron chi connectivity index (χ1n) is 9.68. The van der Waals surface area contributed by atoms with Crippen LogP contribution < -0.4 is 5.32 Å². The van der Waals surface area contributed by atoms with Gasteiger partial charge < -0.3 is 5.32 Å². The number of rotatable bonds is 4. The number of aromatic nitrogens is 1. The highest BCUT2D eigenvalue weighted by molar-refractivity contribution is 7.18. The summed E-state index contributed by atoms with van der Waals surface area (Å²) in [6.07, 6.45) is 2.07. The Morgan fingerprint density at radius 1 is 1.25 bits per heavy atom. The fraction of sp³-hybridized carbons (Fsp3) is 0.364. The van der Waals surface area contributed by atoms with Crippen LogP contribution in [-0.4, -0.2) is 34.9 Å². The molecule has 1 aliphatic rings. The predicted octanol–water partition coefficient (Wildman–Crippen LogP) is 5.46. The van der Waals surface area contributed by atoms with Crippen molar-refractivity contribution < 1.29 is 4.79 Å². The van der Waals surface area contributed by atoms with Crippen molar-refractivity contribution in [1.82, 2.24) is 9.88 Å². The zero-order chi connectivity index (χ0) is 19.7. The van der Waals surface area contributed by atoms with E-state index in [0.717, 1.165) is 42.7 Å². The first-order chi connectivity index (χ1) is 13.5. The van der Waals surface area contributed by atoms with E-state index < -0.39 is 0 Å². The van der Waals surface area contributed by atoms with Gasteiger partial charge in [-0.3, -0.25) is 9.69 Å². The fourth-order valence-corrected chi connectivity index (χ4v) is 5.04. The van der Waals surface area contributed by atoms with Gasteiger partial charge in [0.1, 0.15) is 0 Å². The molecule has 2 aromatic carbocycles. The molecule has 2 heterocycles. The van der Waals surface area contributed by atoms with Crippen molar-refractivity contribution in [3.05, 3.63) is 58.1 Å². The summed E-state index contributed by atoms with van der Waals surface area (Å²) < 4.78 is 1.25. The number of fused-ring (bicyclic) bond motifs is 1. The minimum Gasteiger partial charge on any atom is -0.324 e. The third kappa shape index (κ3) is 4.07. The second-order valence-corrected chi connectivity index (χ2v) is 8.95. The third-order valence-electron chi connectivity index (χ3n) is 5.57. The Morgan fingerprint density at radius 2 is 2.00 bits per heavy atom. The number of benzene rings is 2. The molecule has 1 N–H and O–H groups in total. The van der Waals surface area contributed by atoms with E-state index in [0.29, 0.717) is 10.9 Å². The summed E-state index contributed by atoms with van der Waals surface area (Å²) in [4.78, 5) is 19.8. The maximum Gasteiger partial charge on any atom is 0.241 e. The number of carbonyl (C=O) groups excluding carboxylic acids is 1. The van der Waals surface area contributed by atoms with E-state index in [9.17, 15) is 4.79 Å². The zero-order valence-corrected chi connectivity index (χ0v) is 17.7. The van der Waals surface area contributed by atoms with Gasteiger partial charge in [0.25, 0.3) is 0 Å². The Morgan fingerprint density at radius 3 is 2.75 bits per heavy atom. The molecule has 6 heteroatoms. The smallest absolute Gasteiger partial charge is 0.241 e. The normalized spacial score (nSPS) is 17.0. The summed E-state index contributed by atoms with van der Waals surface area (Å²) in [6.45, 7) is 5.76. The summed E-state index contributed by atoms with van der Waals surface area (Å²) in [5.41, 5.74) is 2.89. The van der Waals surface area contributed by atoms with Gasteiger partial charge in [-0.15, -0.1) is 11.3 Å². The van der Waals surface area contributed by atoms with Crippen LogP contribution in [0.2, 0.25) is 5.02 Å². The van der Waals surface area contributed by atoms with E-state index >= 15 is 0 Å². The Hall–Kier alpha value is -1.95. The monoisotopic (exact) mass is 413 g/mol. The van der Waals surface area contributed by atoms with Crippen molar-refractivity contribution >= 4 is 44.7 Å². The van der Waals surface area contributed by atoms with Crippen molar-refractivity contribution in [2.24, 2.45) is 0 Å². The van der Waals surface area contributed by atoms with E-state index in [4.69, 9.17) is 16.6 Å². The molecule has 4 rings (SSSR count). The summed E-state index contributed by atoms with van der Waals surface area (Å²) in [5, 5.41) is 4.89. The number of halogens is 1. The minimum atomic E-state index is -0.172. The van der Waals surface area contributed by atoms with Crippen LogP contribution in [0.25, 0.3) is 10.2 Å². The van der Waals surface area contributed by atoms with E-state index in [1.807, 2.05) is 32.0 Å². The number of thiazole rings is 1. The lowest BCUT2D eigenvalue weighted by atomic mass is 9.96. The maximum atomic E-state index is 12.7. The van der Waals surface area contributed by atoms with Gasteiger partial charge in [0.15, 0.2) is 0 Å². The number of nitrogens with one attached hydrogen (secondary N) is 1. The molecular formula is C22H24ClN3OS. The number of carbonyl (C=O) groups is 1. The van der Waals surface area contributed by atoms with Crippen molar-refractivity contribution in [2.75, 3.05) is 18.4 Å². The molecule has 0 aliphatic carbocycles. The SMILES string of the molecule is Cc1ccc(Cl)cc1NC(=O)C(C)N1CCC(c2nc3ccccc3s2)CC1. The summed E-state index contributed by atoms with van der Waals surface area (Å²) >= 11 is 7.87. The van der Waals surface area contributed by atoms with Gasteiger partial charge >= 0.3 is 0 Å². The van der Waals surface area contributed by atoms with Crippen LogP contribution >= 0.6 is 22.9 Å². The molecule has 1 saturated heterocycles. The van der Waals surface area contributed by atoms with Crippen LogP contribution in [0.3, 0.4) is 0 Å². The average Bonchev–Trinajstić information content (AvgIpc) is 3.14. The van der Waals surface area contributed by atoms with Gasteiger partial charge in [-0.2, -0.15) is 0 Å². The van der Waals surface area contributed by atoms with Crippen LogP contribution in [0.1, 0.15) is 36.3 Å². The first kappa shape index (κ1) is 19.4. The van der Waals surface area contributed by atoms with Crippen LogP contribution in [0, 0.1) is 6.92 Å². The Bertz CT molecular complexity index is 961. The highest BCUT2D eigenvalue weighted by atomic mass is 35.5. The minimum absolute atomic E-state index is 0.0174. The van der Waals surface area contributed by atoms with Gasteiger partial charge in [0.2, 0.25) is 5.91 Å².